The van der Waals surface area contributed by atoms with Crippen LogP contribution in [0, 0.1) is 0 Å². The third-order valence-electron chi connectivity index (χ3n) is 3.05. The van der Waals surface area contributed by atoms with E-state index in [2.05, 4.69) is 5.32 Å². The minimum atomic E-state index is -0.804. The van der Waals surface area contributed by atoms with Crippen LogP contribution in [0.3, 0.4) is 0 Å². The SMILES string of the molecule is CCCNC(=O)NC(=O)COC(=O)c1ccc(OC)c(OC)c1OC. The van der Waals surface area contributed by atoms with Crippen molar-refractivity contribution in [1.82, 2.24) is 10.6 Å². The maximum Gasteiger partial charge on any atom is 0.342 e. The Morgan fingerprint density at radius 1 is 1.00 bits per heavy atom. The maximum atomic E-state index is 12.2. The van der Waals surface area contributed by atoms with Crippen LogP contribution in [0.2, 0.25) is 0 Å². The zero-order valence-electron chi connectivity index (χ0n) is 14.6. The first-order chi connectivity index (χ1) is 12.0. The first-order valence-electron chi connectivity index (χ1n) is 7.52. The highest BCUT2D eigenvalue weighted by molar-refractivity contribution is 5.98. The summed E-state index contributed by atoms with van der Waals surface area (Å²) in [6, 6.07) is 2.29. The van der Waals surface area contributed by atoms with E-state index in [1.165, 1.54) is 33.5 Å². The average Bonchev–Trinajstić information content (AvgIpc) is 2.62. The van der Waals surface area contributed by atoms with Crippen molar-refractivity contribution < 1.29 is 33.3 Å². The molecule has 0 aliphatic carbocycles. The summed E-state index contributed by atoms with van der Waals surface area (Å²) < 4.78 is 20.4. The molecule has 9 nitrogen and oxygen atoms in total. The van der Waals surface area contributed by atoms with E-state index in [4.69, 9.17) is 18.9 Å². The summed E-state index contributed by atoms with van der Waals surface area (Å²) in [5.74, 6) is -0.833. The van der Waals surface area contributed by atoms with Gasteiger partial charge in [0.15, 0.2) is 18.1 Å². The number of hydrogen-bond acceptors (Lipinski definition) is 7. The number of benzene rings is 1. The van der Waals surface area contributed by atoms with E-state index >= 15 is 0 Å². The van der Waals surface area contributed by atoms with Gasteiger partial charge in [-0.1, -0.05) is 6.92 Å². The number of ether oxygens (including phenoxy) is 4. The summed E-state index contributed by atoms with van der Waals surface area (Å²) in [6.07, 6.45) is 0.732. The summed E-state index contributed by atoms with van der Waals surface area (Å²) in [5, 5.41) is 4.52. The molecule has 1 aromatic rings. The second-order valence-electron chi connectivity index (χ2n) is 4.76. The van der Waals surface area contributed by atoms with Crippen LogP contribution in [-0.4, -0.2) is 52.4 Å². The zero-order chi connectivity index (χ0) is 18.8. The lowest BCUT2D eigenvalue weighted by Gasteiger charge is -2.15. The second kappa shape index (κ2) is 10.0. The smallest absolute Gasteiger partial charge is 0.342 e. The summed E-state index contributed by atoms with van der Waals surface area (Å²) in [7, 11) is 4.21. The van der Waals surface area contributed by atoms with Crippen molar-refractivity contribution in [2.75, 3.05) is 34.5 Å². The predicted molar refractivity (Wildman–Crippen MR) is 88.2 cm³/mol. The number of rotatable bonds is 8. The number of carbonyl (C=O) groups excluding carboxylic acids is 3. The molecule has 1 rings (SSSR count). The van der Waals surface area contributed by atoms with Crippen LogP contribution in [0.15, 0.2) is 12.1 Å². The third kappa shape index (κ3) is 5.55. The Morgan fingerprint density at radius 3 is 2.24 bits per heavy atom. The van der Waals surface area contributed by atoms with E-state index < -0.39 is 24.5 Å². The topological polar surface area (TPSA) is 112 Å². The van der Waals surface area contributed by atoms with Crippen molar-refractivity contribution in [1.29, 1.82) is 0 Å². The highest BCUT2D eigenvalue weighted by Gasteiger charge is 2.22. The van der Waals surface area contributed by atoms with Gasteiger partial charge in [0.2, 0.25) is 5.75 Å². The number of carbonyl (C=O) groups is 3. The van der Waals surface area contributed by atoms with Crippen LogP contribution in [0.1, 0.15) is 23.7 Å². The van der Waals surface area contributed by atoms with Gasteiger partial charge in [-0.15, -0.1) is 0 Å². The standard InChI is InChI=1S/C16H22N2O7/c1-5-8-17-16(21)18-12(19)9-25-15(20)10-6-7-11(22-2)14(24-4)13(10)23-3/h6-7H,5,8-9H2,1-4H3,(H2,17,18,19,21). The number of nitrogens with one attached hydrogen (secondary N) is 2. The summed E-state index contributed by atoms with van der Waals surface area (Å²) in [5.41, 5.74) is 0.0587. The molecule has 0 fully saturated rings. The highest BCUT2D eigenvalue weighted by atomic mass is 16.5. The van der Waals surface area contributed by atoms with Crippen molar-refractivity contribution >= 4 is 17.9 Å². The Balaban J connectivity index is 2.75. The van der Waals surface area contributed by atoms with Gasteiger partial charge in [-0.25, -0.2) is 9.59 Å². The molecule has 0 atom stereocenters. The van der Waals surface area contributed by atoms with Crippen molar-refractivity contribution in [3.63, 3.8) is 0 Å². The molecular formula is C16H22N2O7. The summed E-state index contributed by atoms with van der Waals surface area (Å²) in [6.45, 7) is 1.69. The maximum absolute atomic E-state index is 12.2. The molecule has 3 amide bonds. The summed E-state index contributed by atoms with van der Waals surface area (Å²) >= 11 is 0. The zero-order valence-corrected chi connectivity index (χ0v) is 14.6. The second-order valence-corrected chi connectivity index (χ2v) is 4.76. The van der Waals surface area contributed by atoms with E-state index in [1.807, 2.05) is 12.2 Å². The molecule has 0 bridgehead atoms. The highest BCUT2D eigenvalue weighted by Crippen LogP contribution is 2.39. The third-order valence-corrected chi connectivity index (χ3v) is 3.05. The first kappa shape index (κ1) is 20.1. The van der Waals surface area contributed by atoms with E-state index in [0.717, 1.165) is 6.42 Å². The normalized spacial score (nSPS) is 9.76. The fourth-order valence-electron chi connectivity index (χ4n) is 1.92. The minimum absolute atomic E-state index is 0.0587. The quantitative estimate of drug-likeness (QED) is 0.672. The Bertz CT molecular complexity index is 631. The molecule has 25 heavy (non-hydrogen) atoms. The lowest BCUT2D eigenvalue weighted by atomic mass is 10.1. The van der Waals surface area contributed by atoms with Crippen LogP contribution in [0.5, 0.6) is 17.2 Å². The summed E-state index contributed by atoms with van der Waals surface area (Å²) in [4.78, 5) is 35.1. The number of methoxy groups -OCH3 is 3. The molecular weight excluding hydrogens is 332 g/mol. The fraction of sp³-hybridized carbons (Fsp3) is 0.438. The number of urea groups is 1. The number of imide groups is 1. The molecule has 0 spiro atoms. The van der Waals surface area contributed by atoms with Gasteiger partial charge in [0.25, 0.3) is 5.91 Å². The van der Waals surface area contributed by atoms with Crippen LogP contribution in [0.25, 0.3) is 0 Å². The molecule has 0 unspecified atom stereocenters. The van der Waals surface area contributed by atoms with E-state index in [1.54, 1.807) is 0 Å². The van der Waals surface area contributed by atoms with Gasteiger partial charge in [0, 0.05) is 6.54 Å². The average molecular weight is 354 g/mol. The van der Waals surface area contributed by atoms with Gasteiger partial charge in [0.05, 0.1) is 21.3 Å². The predicted octanol–water partition coefficient (Wildman–Crippen LogP) is 1.10. The van der Waals surface area contributed by atoms with Crippen molar-refractivity contribution in [3.8, 4) is 17.2 Å². The van der Waals surface area contributed by atoms with Gasteiger partial charge in [-0.2, -0.15) is 0 Å². The van der Waals surface area contributed by atoms with Crippen LogP contribution >= 0.6 is 0 Å². The Hall–Kier alpha value is -2.97. The molecule has 0 radical (unpaired) electrons. The fourth-order valence-corrected chi connectivity index (χ4v) is 1.92. The minimum Gasteiger partial charge on any atom is -0.493 e. The Morgan fingerprint density at radius 2 is 1.68 bits per heavy atom. The number of hydrogen-bond donors (Lipinski definition) is 2. The molecule has 1 aromatic carbocycles. The van der Waals surface area contributed by atoms with Gasteiger partial charge < -0.3 is 24.3 Å². The molecule has 2 N–H and O–H groups in total. The largest absolute Gasteiger partial charge is 0.493 e. The molecule has 138 valence electrons. The van der Waals surface area contributed by atoms with Gasteiger partial charge in [-0.05, 0) is 18.6 Å². The molecule has 0 aromatic heterocycles. The first-order valence-corrected chi connectivity index (χ1v) is 7.52. The molecule has 0 heterocycles. The molecule has 0 saturated heterocycles. The van der Waals surface area contributed by atoms with Crippen molar-refractivity contribution in [2.45, 2.75) is 13.3 Å². The van der Waals surface area contributed by atoms with Crippen molar-refractivity contribution in [2.24, 2.45) is 0 Å². The number of amides is 3. The van der Waals surface area contributed by atoms with Crippen molar-refractivity contribution in [3.05, 3.63) is 17.7 Å². The monoisotopic (exact) mass is 354 g/mol. The Labute approximate surface area is 145 Å². The van der Waals surface area contributed by atoms with E-state index in [-0.39, 0.29) is 17.1 Å². The van der Waals surface area contributed by atoms with E-state index in [9.17, 15) is 14.4 Å². The van der Waals surface area contributed by atoms with Crippen LogP contribution in [0.4, 0.5) is 4.79 Å². The van der Waals surface area contributed by atoms with Gasteiger partial charge in [0.1, 0.15) is 5.56 Å². The van der Waals surface area contributed by atoms with Crippen LogP contribution in [-0.2, 0) is 9.53 Å². The molecule has 0 saturated carbocycles. The lowest BCUT2D eigenvalue weighted by Crippen LogP contribution is -2.41. The van der Waals surface area contributed by atoms with Gasteiger partial charge in [-0.3, -0.25) is 10.1 Å². The van der Waals surface area contributed by atoms with Gasteiger partial charge >= 0.3 is 12.0 Å². The Kier molecular flexibility index (Phi) is 8.04. The molecule has 9 heteroatoms. The van der Waals surface area contributed by atoms with E-state index in [0.29, 0.717) is 12.3 Å². The number of esters is 1. The lowest BCUT2D eigenvalue weighted by molar-refractivity contribution is -0.123. The molecule has 0 aliphatic rings. The molecule has 0 aliphatic heterocycles. The van der Waals surface area contributed by atoms with Crippen LogP contribution < -0.4 is 24.8 Å².